The van der Waals surface area contributed by atoms with Crippen LogP contribution in [0.25, 0.3) is 16.3 Å². The lowest BCUT2D eigenvalue weighted by molar-refractivity contribution is 0.449. The van der Waals surface area contributed by atoms with Gasteiger partial charge in [-0.1, -0.05) is 48.6 Å². The van der Waals surface area contributed by atoms with E-state index in [4.69, 9.17) is 5.41 Å². The first-order chi connectivity index (χ1) is 14.3. The van der Waals surface area contributed by atoms with Crippen molar-refractivity contribution in [1.29, 1.82) is 5.41 Å². The molecule has 0 amide bonds. The van der Waals surface area contributed by atoms with Gasteiger partial charge in [0.1, 0.15) is 0 Å². The van der Waals surface area contributed by atoms with Gasteiger partial charge >= 0.3 is 0 Å². The van der Waals surface area contributed by atoms with Gasteiger partial charge in [0, 0.05) is 17.7 Å². The molecule has 30 heavy (non-hydrogen) atoms. The van der Waals surface area contributed by atoms with E-state index in [1.807, 2.05) is 0 Å². The Labute approximate surface area is 180 Å². The van der Waals surface area contributed by atoms with E-state index in [2.05, 4.69) is 100 Å². The molecule has 4 rings (SSSR count). The third kappa shape index (κ3) is 3.76. The number of nitrogens with zero attached hydrogens (tertiary/aromatic N) is 1. The quantitative estimate of drug-likeness (QED) is 0.494. The predicted octanol–water partition coefficient (Wildman–Crippen LogP) is 6.46. The Morgan fingerprint density at radius 3 is 2.30 bits per heavy atom. The maximum absolute atomic E-state index is 9.17. The Morgan fingerprint density at radius 1 is 0.900 bits per heavy atom. The van der Waals surface area contributed by atoms with E-state index in [1.165, 1.54) is 44.2 Å². The van der Waals surface area contributed by atoms with E-state index in [-0.39, 0.29) is 0 Å². The van der Waals surface area contributed by atoms with Crippen molar-refractivity contribution < 1.29 is 0 Å². The fourth-order valence-corrected chi connectivity index (χ4v) is 4.33. The molecule has 0 atom stereocenters. The molecule has 1 aliphatic carbocycles. The second-order valence-electron chi connectivity index (χ2n) is 8.69. The normalized spacial score (nSPS) is 13.7. The monoisotopic (exact) mass is 394 g/mol. The Kier molecular flexibility index (Phi) is 5.44. The molecule has 152 valence electrons. The zero-order valence-corrected chi connectivity index (χ0v) is 18.6. The van der Waals surface area contributed by atoms with Crippen LogP contribution in [0.3, 0.4) is 0 Å². The maximum Gasteiger partial charge on any atom is 0.0693 e. The first-order valence-corrected chi connectivity index (χ1v) is 10.6. The van der Waals surface area contributed by atoms with E-state index in [0.29, 0.717) is 5.71 Å². The van der Waals surface area contributed by atoms with E-state index in [9.17, 15) is 0 Å². The van der Waals surface area contributed by atoms with Gasteiger partial charge in [0.05, 0.1) is 5.71 Å². The smallest absolute Gasteiger partial charge is 0.0693 e. The van der Waals surface area contributed by atoms with Gasteiger partial charge < -0.3 is 4.90 Å². The fourth-order valence-electron chi connectivity index (χ4n) is 4.33. The minimum Gasteiger partial charge on any atom is -0.305 e. The Hall–Kier alpha value is -2.97. The number of likely N-dealkylation sites (N-methyl/N-ethyl adjacent to an activating group) is 1. The van der Waals surface area contributed by atoms with Gasteiger partial charge in [-0.05, 0) is 97.6 Å². The number of fused-ring (bicyclic) bond motifs is 1. The lowest BCUT2D eigenvalue weighted by atomic mass is 9.87. The van der Waals surface area contributed by atoms with Crippen molar-refractivity contribution in [3.05, 3.63) is 99.6 Å². The second kappa shape index (κ2) is 8.04. The number of aryl methyl sites for hydroxylation is 1. The SMILES string of the molecule is Cc1ccc(C(=N)c2cc3ccccc3cc2C2=CC(CN(C)C)=CC2)c(C)c1C. The molecule has 0 bridgehead atoms. The van der Waals surface area contributed by atoms with Gasteiger partial charge in [0.25, 0.3) is 0 Å². The molecule has 0 fully saturated rings. The first-order valence-electron chi connectivity index (χ1n) is 10.6. The van der Waals surface area contributed by atoms with Crippen LogP contribution in [0.5, 0.6) is 0 Å². The van der Waals surface area contributed by atoms with Crippen LogP contribution in [0.2, 0.25) is 0 Å². The van der Waals surface area contributed by atoms with Crippen molar-refractivity contribution in [1.82, 2.24) is 4.90 Å². The molecule has 0 saturated carbocycles. The zero-order valence-electron chi connectivity index (χ0n) is 18.6. The molecule has 0 aromatic heterocycles. The average Bonchev–Trinajstić information content (AvgIpc) is 3.18. The number of hydrogen-bond acceptors (Lipinski definition) is 2. The van der Waals surface area contributed by atoms with Crippen LogP contribution in [0, 0.1) is 26.2 Å². The van der Waals surface area contributed by atoms with Crippen molar-refractivity contribution >= 4 is 22.1 Å². The summed E-state index contributed by atoms with van der Waals surface area (Å²) < 4.78 is 0. The maximum atomic E-state index is 9.17. The highest BCUT2D eigenvalue weighted by Gasteiger charge is 2.19. The van der Waals surface area contributed by atoms with Crippen LogP contribution in [0.4, 0.5) is 0 Å². The molecule has 3 aromatic rings. The van der Waals surface area contributed by atoms with E-state index < -0.39 is 0 Å². The van der Waals surface area contributed by atoms with Crippen LogP contribution < -0.4 is 0 Å². The summed E-state index contributed by atoms with van der Waals surface area (Å²) in [5.41, 5.74) is 10.2. The van der Waals surface area contributed by atoms with Crippen LogP contribution in [-0.4, -0.2) is 31.3 Å². The topological polar surface area (TPSA) is 27.1 Å². The Bertz CT molecular complexity index is 1210. The molecule has 0 aliphatic heterocycles. The summed E-state index contributed by atoms with van der Waals surface area (Å²) in [7, 11) is 4.21. The lowest BCUT2D eigenvalue weighted by Crippen LogP contribution is -2.13. The summed E-state index contributed by atoms with van der Waals surface area (Å²) in [5, 5.41) is 11.6. The van der Waals surface area contributed by atoms with Crippen LogP contribution in [0.1, 0.15) is 39.8 Å². The summed E-state index contributed by atoms with van der Waals surface area (Å²) in [6, 6.07) is 17.2. The molecule has 0 heterocycles. The molecule has 3 aromatic carbocycles. The number of benzene rings is 3. The molecule has 1 N–H and O–H groups in total. The number of nitrogens with one attached hydrogen (secondary N) is 1. The molecule has 2 nitrogen and oxygen atoms in total. The zero-order chi connectivity index (χ0) is 21.4. The van der Waals surface area contributed by atoms with E-state index in [0.717, 1.165) is 24.1 Å². The number of hydrogen-bond donors (Lipinski definition) is 1. The molecule has 0 radical (unpaired) electrons. The highest BCUT2D eigenvalue weighted by Crippen LogP contribution is 2.34. The second-order valence-corrected chi connectivity index (χ2v) is 8.69. The summed E-state index contributed by atoms with van der Waals surface area (Å²) in [6.07, 6.45) is 5.56. The predicted molar refractivity (Wildman–Crippen MR) is 130 cm³/mol. The summed E-state index contributed by atoms with van der Waals surface area (Å²) >= 11 is 0. The highest BCUT2D eigenvalue weighted by atomic mass is 15.0. The number of rotatable bonds is 5. The van der Waals surface area contributed by atoms with Crippen molar-refractivity contribution in [2.45, 2.75) is 27.2 Å². The summed E-state index contributed by atoms with van der Waals surface area (Å²) in [5.74, 6) is 0. The molecule has 1 aliphatic rings. The molecular formula is C28H30N2. The van der Waals surface area contributed by atoms with E-state index in [1.54, 1.807) is 0 Å². The molecular weight excluding hydrogens is 364 g/mol. The van der Waals surface area contributed by atoms with Crippen LogP contribution >= 0.6 is 0 Å². The van der Waals surface area contributed by atoms with Crippen LogP contribution in [-0.2, 0) is 0 Å². The Balaban J connectivity index is 1.86. The van der Waals surface area contributed by atoms with Gasteiger partial charge in [0.2, 0.25) is 0 Å². The van der Waals surface area contributed by atoms with Gasteiger partial charge in [0.15, 0.2) is 0 Å². The third-order valence-electron chi connectivity index (χ3n) is 6.27. The number of allylic oxidation sites excluding steroid dienone is 2. The minimum absolute atomic E-state index is 0.610. The lowest BCUT2D eigenvalue weighted by Gasteiger charge is -2.17. The molecule has 0 saturated heterocycles. The molecule has 0 unspecified atom stereocenters. The van der Waals surface area contributed by atoms with Gasteiger partial charge in [-0.3, -0.25) is 5.41 Å². The summed E-state index contributed by atoms with van der Waals surface area (Å²) in [4.78, 5) is 2.20. The van der Waals surface area contributed by atoms with Gasteiger partial charge in [-0.15, -0.1) is 0 Å². The highest BCUT2D eigenvalue weighted by molar-refractivity contribution is 6.16. The standard InChI is InChI=1S/C28H30N2/c1-18-10-13-25(20(3)19(18)2)28(29)27-16-23-9-7-6-8-22(23)15-26(27)24-12-11-21(14-24)17-30(4)5/h6-11,13-16,29H,12,17H2,1-5H3. The largest absolute Gasteiger partial charge is 0.305 e. The van der Waals surface area contributed by atoms with E-state index >= 15 is 0 Å². The molecule has 2 heteroatoms. The van der Waals surface area contributed by atoms with Gasteiger partial charge in [-0.2, -0.15) is 0 Å². The average molecular weight is 395 g/mol. The van der Waals surface area contributed by atoms with Crippen LogP contribution in [0.15, 0.2) is 66.3 Å². The molecule has 0 spiro atoms. The van der Waals surface area contributed by atoms with Crippen molar-refractivity contribution in [3.8, 4) is 0 Å². The van der Waals surface area contributed by atoms with Gasteiger partial charge in [-0.25, -0.2) is 0 Å². The van der Waals surface area contributed by atoms with Crippen molar-refractivity contribution in [2.24, 2.45) is 0 Å². The minimum atomic E-state index is 0.610. The van der Waals surface area contributed by atoms with Crippen molar-refractivity contribution in [3.63, 3.8) is 0 Å². The third-order valence-corrected chi connectivity index (χ3v) is 6.27. The van der Waals surface area contributed by atoms with Crippen molar-refractivity contribution in [2.75, 3.05) is 20.6 Å². The summed E-state index contributed by atoms with van der Waals surface area (Å²) in [6.45, 7) is 7.37. The Morgan fingerprint density at radius 2 is 1.60 bits per heavy atom. The fraction of sp³-hybridized carbons (Fsp3) is 0.250. The first kappa shape index (κ1) is 20.3.